The Balaban J connectivity index is 1.97. The third-order valence-corrected chi connectivity index (χ3v) is 3.10. The maximum absolute atomic E-state index is 9.02. The second-order valence-corrected chi connectivity index (χ2v) is 4.51. The number of aliphatic hydroxyl groups is 1. The number of fused-ring (bicyclic) bond motifs is 1. The number of pyridine rings is 1. The van der Waals surface area contributed by atoms with Crippen LogP contribution in [0.4, 0.5) is 0 Å². The zero-order valence-electron chi connectivity index (χ0n) is 10.1. The van der Waals surface area contributed by atoms with Crippen LogP contribution in [0.5, 0.6) is 0 Å². The van der Waals surface area contributed by atoms with Gasteiger partial charge in [0.2, 0.25) is 0 Å². The summed E-state index contributed by atoms with van der Waals surface area (Å²) in [5.74, 6) is 0. The van der Waals surface area contributed by atoms with Gasteiger partial charge in [0.1, 0.15) is 0 Å². The molecule has 1 atom stereocenters. The Hall–Kier alpha value is -1.94. The predicted molar refractivity (Wildman–Crippen MR) is 69.6 cm³/mol. The number of aliphatic hydroxyl groups excluding tert-OH is 1. The molecule has 4 heteroatoms. The van der Waals surface area contributed by atoms with Crippen molar-refractivity contribution in [1.29, 1.82) is 0 Å². The summed E-state index contributed by atoms with van der Waals surface area (Å²) in [7, 11) is 0. The van der Waals surface area contributed by atoms with Crippen LogP contribution in [0.1, 0.15) is 17.7 Å². The predicted octanol–water partition coefficient (Wildman–Crippen LogP) is 2.03. The maximum Gasteiger partial charge on any atom is 0.156 e. The lowest BCUT2D eigenvalue weighted by Gasteiger charge is -2.03. The number of rotatable bonds is 2. The van der Waals surface area contributed by atoms with E-state index in [1.165, 1.54) is 0 Å². The quantitative estimate of drug-likeness (QED) is 0.876. The van der Waals surface area contributed by atoms with Crippen LogP contribution < -0.4 is 0 Å². The van der Waals surface area contributed by atoms with E-state index < -0.39 is 0 Å². The zero-order valence-corrected chi connectivity index (χ0v) is 10.1. The van der Waals surface area contributed by atoms with Gasteiger partial charge in [0, 0.05) is 23.1 Å². The second kappa shape index (κ2) is 4.38. The molecule has 2 heterocycles. The van der Waals surface area contributed by atoms with E-state index in [0.29, 0.717) is 6.42 Å². The van der Waals surface area contributed by atoms with Crippen molar-refractivity contribution >= 4 is 16.6 Å². The molecule has 1 aliphatic heterocycles. The molecular formula is C14H14N2O2. The number of benzene rings is 1. The Morgan fingerprint density at radius 2 is 2.22 bits per heavy atom. The summed E-state index contributed by atoms with van der Waals surface area (Å²) < 4.78 is 0. The fourth-order valence-corrected chi connectivity index (χ4v) is 2.10. The second-order valence-electron chi connectivity index (χ2n) is 4.51. The van der Waals surface area contributed by atoms with E-state index in [0.717, 1.165) is 27.9 Å². The highest BCUT2D eigenvalue weighted by atomic mass is 16.6. The molecule has 0 spiro atoms. The largest absolute Gasteiger partial charge is 0.392 e. The zero-order chi connectivity index (χ0) is 12.5. The Bertz CT molecular complexity index is 622. The Labute approximate surface area is 105 Å². The van der Waals surface area contributed by atoms with Crippen LogP contribution in [0.15, 0.2) is 35.5 Å². The molecule has 0 fully saturated rings. The van der Waals surface area contributed by atoms with Gasteiger partial charge < -0.3 is 9.94 Å². The van der Waals surface area contributed by atoms with E-state index in [1.807, 2.05) is 25.1 Å². The molecule has 1 unspecified atom stereocenters. The van der Waals surface area contributed by atoms with E-state index in [-0.39, 0.29) is 12.7 Å². The molecule has 18 heavy (non-hydrogen) atoms. The molecule has 0 radical (unpaired) electrons. The van der Waals surface area contributed by atoms with Gasteiger partial charge in [-0.1, -0.05) is 17.3 Å². The van der Waals surface area contributed by atoms with Crippen molar-refractivity contribution in [3.8, 4) is 0 Å². The number of hydrogen-bond acceptors (Lipinski definition) is 4. The first kappa shape index (κ1) is 11.2. The van der Waals surface area contributed by atoms with Crippen molar-refractivity contribution in [2.75, 3.05) is 6.61 Å². The summed E-state index contributed by atoms with van der Waals surface area (Å²) in [5.41, 5.74) is 3.91. The molecule has 0 aliphatic carbocycles. The van der Waals surface area contributed by atoms with Crippen LogP contribution in [-0.2, 0) is 4.84 Å². The van der Waals surface area contributed by atoms with Crippen molar-refractivity contribution in [2.45, 2.75) is 19.4 Å². The van der Waals surface area contributed by atoms with Crippen molar-refractivity contribution < 1.29 is 9.94 Å². The van der Waals surface area contributed by atoms with Crippen LogP contribution in [0, 0.1) is 6.92 Å². The summed E-state index contributed by atoms with van der Waals surface area (Å²) >= 11 is 0. The lowest BCUT2D eigenvalue weighted by Crippen LogP contribution is -2.12. The highest BCUT2D eigenvalue weighted by Gasteiger charge is 2.21. The summed E-state index contributed by atoms with van der Waals surface area (Å²) in [6.45, 7) is 1.98. The van der Waals surface area contributed by atoms with E-state index in [9.17, 15) is 0 Å². The third kappa shape index (κ3) is 1.95. The summed E-state index contributed by atoms with van der Waals surface area (Å²) in [5, 5.41) is 14.1. The molecule has 1 N–H and O–H groups in total. The van der Waals surface area contributed by atoms with Crippen molar-refractivity contribution in [2.24, 2.45) is 5.16 Å². The molecule has 3 rings (SSSR count). The van der Waals surface area contributed by atoms with Crippen LogP contribution in [0.25, 0.3) is 10.9 Å². The van der Waals surface area contributed by atoms with Gasteiger partial charge in [0.25, 0.3) is 0 Å². The number of nitrogens with zero attached hydrogens (tertiary/aromatic N) is 2. The van der Waals surface area contributed by atoms with Crippen LogP contribution >= 0.6 is 0 Å². The molecule has 1 aromatic heterocycles. The highest BCUT2D eigenvalue weighted by molar-refractivity contribution is 6.03. The highest BCUT2D eigenvalue weighted by Crippen LogP contribution is 2.20. The van der Waals surface area contributed by atoms with Crippen LogP contribution in [-0.4, -0.2) is 28.5 Å². The third-order valence-electron chi connectivity index (χ3n) is 3.10. The minimum atomic E-state index is -0.202. The van der Waals surface area contributed by atoms with Crippen LogP contribution in [0.3, 0.4) is 0 Å². The molecule has 0 amide bonds. The lowest BCUT2D eigenvalue weighted by molar-refractivity contribution is 0.0390. The monoisotopic (exact) mass is 242 g/mol. The summed E-state index contributed by atoms with van der Waals surface area (Å²) in [4.78, 5) is 9.59. The first-order chi connectivity index (χ1) is 8.76. The standard InChI is InChI=1S/C14H14N2O2/c1-9-2-3-10-6-11(4-5-13(10)15-9)14-7-12(8-17)18-16-14/h2-6,12,17H,7-8H2,1H3. The van der Waals surface area contributed by atoms with Gasteiger partial charge in [-0.15, -0.1) is 0 Å². The number of hydrogen-bond donors (Lipinski definition) is 1. The topological polar surface area (TPSA) is 54.7 Å². The fourth-order valence-electron chi connectivity index (χ4n) is 2.10. The first-order valence-electron chi connectivity index (χ1n) is 5.97. The fraction of sp³-hybridized carbons (Fsp3) is 0.286. The lowest BCUT2D eigenvalue weighted by atomic mass is 10.0. The summed E-state index contributed by atoms with van der Waals surface area (Å²) in [6, 6.07) is 10.1. The molecule has 1 aliphatic rings. The Morgan fingerprint density at radius 1 is 1.33 bits per heavy atom. The number of aromatic nitrogens is 1. The van der Waals surface area contributed by atoms with Crippen molar-refractivity contribution in [3.63, 3.8) is 0 Å². The minimum Gasteiger partial charge on any atom is -0.392 e. The van der Waals surface area contributed by atoms with E-state index in [4.69, 9.17) is 9.94 Å². The summed E-state index contributed by atoms with van der Waals surface area (Å²) in [6.07, 6.45) is 0.452. The average molecular weight is 242 g/mol. The van der Waals surface area contributed by atoms with Crippen molar-refractivity contribution in [1.82, 2.24) is 4.98 Å². The van der Waals surface area contributed by atoms with Gasteiger partial charge in [0.05, 0.1) is 17.8 Å². The minimum absolute atomic E-state index is 0.00132. The van der Waals surface area contributed by atoms with Gasteiger partial charge in [-0.05, 0) is 25.1 Å². The van der Waals surface area contributed by atoms with Gasteiger partial charge in [-0.25, -0.2) is 0 Å². The normalized spacial score (nSPS) is 18.8. The molecule has 92 valence electrons. The van der Waals surface area contributed by atoms with Gasteiger partial charge >= 0.3 is 0 Å². The van der Waals surface area contributed by atoms with E-state index in [2.05, 4.69) is 22.3 Å². The number of aryl methyl sites for hydroxylation is 1. The molecular weight excluding hydrogens is 228 g/mol. The molecule has 0 saturated heterocycles. The SMILES string of the molecule is Cc1ccc2cc(C3=NOC(CO)C3)ccc2n1. The van der Waals surface area contributed by atoms with Crippen molar-refractivity contribution in [3.05, 3.63) is 41.6 Å². The average Bonchev–Trinajstić information content (AvgIpc) is 2.87. The van der Waals surface area contributed by atoms with Gasteiger partial charge in [0.15, 0.2) is 6.10 Å². The van der Waals surface area contributed by atoms with Gasteiger partial charge in [-0.2, -0.15) is 0 Å². The molecule has 1 aromatic carbocycles. The Morgan fingerprint density at radius 3 is 3.00 bits per heavy atom. The van der Waals surface area contributed by atoms with Crippen LogP contribution in [0.2, 0.25) is 0 Å². The van der Waals surface area contributed by atoms with Gasteiger partial charge in [-0.3, -0.25) is 4.98 Å². The molecule has 0 bridgehead atoms. The molecule has 2 aromatic rings. The van der Waals surface area contributed by atoms with E-state index in [1.54, 1.807) is 0 Å². The van der Waals surface area contributed by atoms with E-state index >= 15 is 0 Å². The maximum atomic E-state index is 9.02. The molecule has 0 saturated carbocycles. The Kier molecular flexibility index (Phi) is 2.72. The first-order valence-corrected chi connectivity index (χ1v) is 5.97. The smallest absolute Gasteiger partial charge is 0.156 e. The molecule has 4 nitrogen and oxygen atoms in total. The number of oxime groups is 1.